The predicted molar refractivity (Wildman–Crippen MR) is 70.5 cm³/mol. The number of carbonyl (C=O) groups is 2. The first-order chi connectivity index (χ1) is 8.69. The Morgan fingerprint density at radius 3 is 2.53 bits per heavy atom. The van der Waals surface area contributed by atoms with Gasteiger partial charge in [-0.1, -0.05) is 28.1 Å². The third-order valence-corrected chi connectivity index (χ3v) is 3.04. The maximum atomic E-state index is 12.0. The number of nitrogens with zero attached hydrogens (tertiary/aromatic N) is 1. The van der Waals surface area contributed by atoms with Gasteiger partial charge in [0.2, 0.25) is 12.3 Å². The van der Waals surface area contributed by atoms with Crippen molar-refractivity contribution >= 4 is 28.0 Å². The fourth-order valence-corrected chi connectivity index (χ4v) is 1.87. The van der Waals surface area contributed by atoms with Crippen LogP contribution in [0.15, 0.2) is 53.3 Å². The third kappa shape index (κ3) is 4.36. The van der Waals surface area contributed by atoms with Gasteiger partial charge in [-0.3, -0.25) is 9.59 Å². The summed E-state index contributed by atoms with van der Waals surface area (Å²) in [4.78, 5) is 22.6. The average Bonchev–Trinajstić information content (AvgIpc) is 2.39. The lowest BCUT2D eigenvalue weighted by Gasteiger charge is -1.99. The first kappa shape index (κ1) is 15.7. The van der Waals surface area contributed by atoms with E-state index in [1.54, 1.807) is 41.2 Å². The van der Waals surface area contributed by atoms with Gasteiger partial charge in [-0.05, 0) is 18.2 Å². The van der Waals surface area contributed by atoms with E-state index >= 15 is 0 Å². The maximum Gasteiger partial charge on any atom is 0.227 e. The van der Waals surface area contributed by atoms with E-state index in [9.17, 15) is 9.59 Å². The number of hydrogen-bond donors (Lipinski definition) is 0. The summed E-state index contributed by atoms with van der Waals surface area (Å²) in [6.45, 7) is 0.226. The van der Waals surface area contributed by atoms with E-state index in [2.05, 4.69) is 15.9 Å². The van der Waals surface area contributed by atoms with E-state index in [0.29, 0.717) is 11.1 Å². The molecule has 0 saturated carbocycles. The van der Waals surface area contributed by atoms with Crippen molar-refractivity contribution in [2.24, 2.45) is 0 Å². The van der Waals surface area contributed by atoms with Gasteiger partial charge in [-0.2, -0.15) is 4.57 Å². The van der Waals surface area contributed by atoms with Crippen LogP contribution in [0.25, 0.3) is 0 Å². The van der Waals surface area contributed by atoms with Gasteiger partial charge in [0.15, 0.2) is 18.7 Å². The lowest BCUT2D eigenvalue weighted by atomic mass is 10.1. The lowest BCUT2D eigenvalue weighted by Crippen LogP contribution is -3.00. The van der Waals surface area contributed by atoms with Gasteiger partial charge in [0.25, 0.3) is 0 Å². The van der Waals surface area contributed by atoms with E-state index in [-0.39, 0.29) is 29.3 Å². The summed E-state index contributed by atoms with van der Waals surface area (Å²) < 4.78 is 2.64. The third-order valence-electron chi connectivity index (χ3n) is 2.51. The van der Waals surface area contributed by atoms with Crippen LogP contribution in [-0.4, -0.2) is 12.1 Å². The minimum absolute atomic E-state index is 0. The van der Waals surface area contributed by atoms with E-state index < -0.39 is 0 Å². The van der Waals surface area contributed by atoms with Crippen LogP contribution in [0.4, 0.5) is 0 Å². The average molecular weight is 385 g/mol. The Morgan fingerprint density at radius 1 is 1.21 bits per heavy atom. The van der Waals surface area contributed by atoms with E-state index in [4.69, 9.17) is 0 Å². The summed E-state index contributed by atoms with van der Waals surface area (Å²) in [5, 5.41) is 0. The fraction of sp³-hybridized carbons (Fsp3) is 0.0714. The Morgan fingerprint density at radius 2 is 1.89 bits per heavy atom. The molecule has 0 amide bonds. The zero-order chi connectivity index (χ0) is 13.0. The molecule has 0 fully saturated rings. The Kier molecular flexibility index (Phi) is 6.05. The summed E-state index contributed by atoms with van der Waals surface area (Å²) in [6, 6.07) is 10.7. The molecule has 1 aromatic heterocycles. The molecule has 19 heavy (non-hydrogen) atoms. The van der Waals surface area contributed by atoms with Crippen molar-refractivity contribution in [2.45, 2.75) is 6.54 Å². The second-order valence-corrected chi connectivity index (χ2v) is 4.77. The maximum absolute atomic E-state index is 12.0. The molecule has 5 heteroatoms. The Hall–Kier alpha value is -1.33. The number of carbonyl (C=O) groups excluding carboxylic acids is 2. The Labute approximate surface area is 130 Å². The molecule has 0 aliphatic heterocycles. The molecule has 0 spiro atoms. The predicted octanol–water partition coefficient (Wildman–Crippen LogP) is -0.564. The number of benzene rings is 1. The molecule has 2 rings (SSSR count). The summed E-state index contributed by atoms with van der Waals surface area (Å²) in [5.74, 6) is 0.00977. The molecule has 0 bridgehead atoms. The molecule has 0 saturated heterocycles. The van der Waals surface area contributed by atoms with Crippen LogP contribution in [0.2, 0.25) is 0 Å². The molecule has 1 heterocycles. The molecule has 0 radical (unpaired) electrons. The number of aromatic nitrogens is 1. The van der Waals surface area contributed by atoms with Crippen molar-refractivity contribution in [2.75, 3.05) is 0 Å². The lowest BCUT2D eigenvalue weighted by molar-refractivity contribution is -0.683. The summed E-state index contributed by atoms with van der Waals surface area (Å²) >= 11 is 3.32. The monoisotopic (exact) mass is 383 g/mol. The van der Waals surface area contributed by atoms with Crippen LogP contribution in [-0.2, 0) is 6.54 Å². The molecule has 0 aliphatic carbocycles. The van der Waals surface area contributed by atoms with Crippen molar-refractivity contribution in [1.82, 2.24) is 0 Å². The number of rotatable bonds is 4. The number of Topliss-reactive ketones (excluding diaryl/α,β-unsaturated/α-hetero) is 1. The molecular formula is C14H11Br2NO2. The highest BCUT2D eigenvalue weighted by Crippen LogP contribution is 2.10. The summed E-state index contributed by atoms with van der Waals surface area (Å²) in [6.07, 6.45) is 4.19. The smallest absolute Gasteiger partial charge is 0.227 e. The van der Waals surface area contributed by atoms with Gasteiger partial charge in [0.1, 0.15) is 0 Å². The van der Waals surface area contributed by atoms with Gasteiger partial charge >= 0.3 is 0 Å². The number of ketones is 1. The zero-order valence-corrected chi connectivity index (χ0v) is 13.1. The van der Waals surface area contributed by atoms with Crippen molar-refractivity contribution in [3.05, 3.63) is 64.4 Å². The fourth-order valence-electron chi connectivity index (χ4n) is 1.60. The summed E-state index contributed by atoms with van der Waals surface area (Å²) in [5.41, 5.74) is 1.21. The molecule has 1 aromatic carbocycles. The van der Waals surface area contributed by atoms with Crippen molar-refractivity contribution in [3.63, 3.8) is 0 Å². The standard InChI is InChI=1S/C14H11BrNO2.BrH/c15-13-5-3-12(4-6-13)14(18)9-16-7-1-2-11(8-16)10-17;/h1-8,10H,9H2;1H/q+1;/p-1. The molecular weight excluding hydrogens is 374 g/mol. The van der Waals surface area contributed by atoms with Gasteiger partial charge in [0.05, 0.1) is 5.56 Å². The quantitative estimate of drug-likeness (QED) is 0.402. The van der Waals surface area contributed by atoms with Crippen LogP contribution in [0.1, 0.15) is 20.7 Å². The Balaban J connectivity index is 0.00000180. The minimum Gasteiger partial charge on any atom is -1.00 e. The second kappa shape index (κ2) is 7.31. The number of pyridine rings is 1. The van der Waals surface area contributed by atoms with Crippen LogP contribution in [0.3, 0.4) is 0 Å². The van der Waals surface area contributed by atoms with E-state index in [0.717, 1.165) is 10.8 Å². The minimum atomic E-state index is 0. The van der Waals surface area contributed by atoms with Crippen molar-refractivity contribution < 1.29 is 31.1 Å². The topological polar surface area (TPSA) is 38.0 Å². The molecule has 98 valence electrons. The van der Waals surface area contributed by atoms with Crippen LogP contribution in [0.5, 0.6) is 0 Å². The number of halogens is 2. The summed E-state index contributed by atoms with van der Waals surface area (Å²) in [7, 11) is 0. The van der Waals surface area contributed by atoms with Gasteiger partial charge in [-0.25, -0.2) is 0 Å². The molecule has 0 atom stereocenters. The Bertz CT molecular complexity index is 582. The van der Waals surface area contributed by atoms with Gasteiger partial charge in [0, 0.05) is 16.1 Å². The van der Waals surface area contributed by atoms with Crippen LogP contribution >= 0.6 is 15.9 Å². The first-order valence-electron chi connectivity index (χ1n) is 5.42. The number of hydrogen-bond acceptors (Lipinski definition) is 2. The van der Waals surface area contributed by atoms with Crippen LogP contribution < -0.4 is 21.5 Å². The SMILES string of the molecule is O=Cc1ccc[n+](CC(=O)c2ccc(Br)cc2)c1.[Br-]. The molecule has 0 N–H and O–H groups in total. The van der Waals surface area contributed by atoms with E-state index in [1.165, 1.54) is 0 Å². The van der Waals surface area contributed by atoms with Gasteiger partial charge < -0.3 is 17.0 Å². The first-order valence-corrected chi connectivity index (χ1v) is 6.21. The molecule has 0 aliphatic rings. The van der Waals surface area contributed by atoms with Crippen LogP contribution in [0, 0.1) is 0 Å². The van der Waals surface area contributed by atoms with Gasteiger partial charge in [-0.15, -0.1) is 0 Å². The normalized spacial score (nSPS) is 9.53. The number of aldehydes is 1. The second-order valence-electron chi connectivity index (χ2n) is 3.86. The molecule has 0 unspecified atom stereocenters. The molecule has 2 aromatic rings. The van der Waals surface area contributed by atoms with Crippen molar-refractivity contribution in [1.29, 1.82) is 0 Å². The highest BCUT2D eigenvalue weighted by Gasteiger charge is 2.12. The molecule has 3 nitrogen and oxygen atoms in total. The highest BCUT2D eigenvalue weighted by atomic mass is 79.9. The van der Waals surface area contributed by atoms with Crippen molar-refractivity contribution in [3.8, 4) is 0 Å². The van der Waals surface area contributed by atoms with E-state index in [1.807, 2.05) is 12.1 Å². The highest BCUT2D eigenvalue weighted by molar-refractivity contribution is 9.10. The zero-order valence-electron chi connectivity index (χ0n) is 9.92. The largest absolute Gasteiger partial charge is 1.00 e.